The van der Waals surface area contributed by atoms with Crippen molar-refractivity contribution in [3.05, 3.63) is 176 Å². The van der Waals surface area contributed by atoms with E-state index in [4.69, 9.17) is 4.42 Å². The number of nitrogens with zero attached hydrogens (tertiary/aromatic N) is 1. The number of furan rings is 1. The highest BCUT2D eigenvalue weighted by Gasteiger charge is 2.23. The Morgan fingerprint density at radius 1 is 0.385 bits per heavy atom. The molecule has 0 atom stereocenters. The Morgan fingerprint density at radius 3 is 1.87 bits per heavy atom. The zero-order valence-electron chi connectivity index (χ0n) is 27.9. The fraction of sp³-hybridized carbons (Fsp3) is 0. The third-order valence-corrected chi connectivity index (χ3v) is 12.7. The number of thiophene rings is 2. The second kappa shape index (κ2) is 11.7. The number of hydrogen-bond donors (Lipinski definition) is 0. The molecule has 8 aromatic carbocycles. The molecule has 0 saturated carbocycles. The van der Waals surface area contributed by atoms with Crippen molar-refractivity contribution in [1.82, 2.24) is 0 Å². The molecule has 52 heavy (non-hydrogen) atoms. The van der Waals surface area contributed by atoms with E-state index in [9.17, 15) is 0 Å². The molecule has 0 N–H and O–H groups in total. The molecule has 0 fully saturated rings. The van der Waals surface area contributed by atoms with Crippen LogP contribution in [0.5, 0.6) is 0 Å². The van der Waals surface area contributed by atoms with E-state index < -0.39 is 0 Å². The summed E-state index contributed by atoms with van der Waals surface area (Å²) in [5.41, 5.74) is 10.0. The molecule has 4 heteroatoms. The monoisotopic (exact) mass is 699 g/mol. The zero-order valence-corrected chi connectivity index (χ0v) is 29.5. The highest BCUT2D eigenvalue weighted by molar-refractivity contribution is 7.27. The second-order valence-electron chi connectivity index (χ2n) is 13.2. The normalized spacial score (nSPS) is 11.8. The van der Waals surface area contributed by atoms with Gasteiger partial charge in [-0.05, 0) is 59.2 Å². The summed E-state index contributed by atoms with van der Waals surface area (Å²) in [6.45, 7) is 0. The molecular formula is C48H29NOS2. The van der Waals surface area contributed by atoms with Gasteiger partial charge in [0, 0.05) is 57.7 Å². The first-order valence-corrected chi connectivity index (χ1v) is 19.1. The molecule has 0 aliphatic heterocycles. The van der Waals surface area contributed by atoms with Crippen molar-refractivity contribution in [2.24, 2.45) is 0 Å². The lowest BCUT2D eigenvalue weighted by Gasteiger charge is -2.27. The lowest BCUT2D eigenvalue weighted by atomic mass is 10.0. The minimum absolute atomic E-state index is 0.913. The van der Waals surface area contributed by atoms with Crippen LogP contribution in [0.1, 0.15) is 0 Å². The Morgan fingerprint density at radius 2 is 1.00 bits per heavy atom. The van der Waals surface area contributed by atoms with E-state index in [-0.39, 0.29) is 0 Å². The molecule has 0 radical (unpaired) electrons. The Kier molecular flexibility index (Phi) is 6.63. The summed E-state index contributed by atoms with van der Waals surface area (Å²) < 4.78 is 11.6. The van der Waals surface area contributed by atoms with E-state index in [1.807, 2.05) is 34.8 Å². The van der Waals surface area contributed by atoms with Crippen molar-refractivity contribution in [3.63, 3.8) is 0 Å². The van der Waals surface area contributed by atoms with Gasteiger partial charge in [0.2, 0.25) is 0 Å². The van der Waals surface area contributed by atoms with Crippen LogP contribution < -0.4 is 4.90 Å². The van der Waals surface area contributed by atoms with Gasteiger partial charge in [-0.25, -0.2) is 0 Å². The SMILES string of the molecule is c1ccc(-c2cccc3c2sc2c(N(c4ccc(-c5cccc6c5oc5ccccc56)cc4)c4cccc5sc6ccccc6c45)cccc23)cc1. The lowest BCUT2D eigenvalue weighted by Crippen LogP contribution is -2.10. The van der Waals surface area contributed by atoms with E-state index >= 15 is 0 Å². The first-order chi connectivity index (χ1) is 25.8. The summed E-state index contributed by atoms with van der Waals surface area (Å²) in [5.74, 6) is 0. The van der Waals surface area contributed by atoms with Crippen molar-refractivity contribution < 1.29 is 4.42 Å². The summed E-state index contributed by atoms with van der Waals surface area (Å²) in [5, 5.41) is 7.41. The van der Waals surface area contributed by atoms with Crippen molar-refractivity contribution in [1.29, 1.82) is 0 Å². The van der Waals surface area contributed by atoms with Gasteiger partial charge in [0.1, 0.15) is 11.2 Å². The van der Waals surface area contributed by atoms with E-state index in [0.717, 1.165) is 38.8 Å². The van der Waals surface area contributed by atoms with Gasteiger partial charge in [0.15, 0.2) is 0 Å². The third kappa shape index (κ3) is 4.48. The number of benzene rings is 8. The van der Waals surface area contributed by atoms with Gasteiger partial charge in [-0.1, -0.05) is 133 Å². The smallest absolute Gasteiger partial charge is 0.143 e. The van der Waals surface area contributed by atoms with Crippen LogP contribution in [-0.2, 0) is 0 Å². The molecule has 11 aromatic rings. The van der Waals surface area contributed by atoms with Gasteiger partial charge in [-0.3, -0.25) is 0 Å². The van der Waals surface area contributed by atoms with Gasteiger partial charge in [0.25, 0.3) is 0 Å². The average molecular weight is 700 g/mol. The first-order valence-electron chi connectivity index (χ1n) is 17.5. The maximum absolute atomic E-state index is 6.45. The van der Waals surface area contributed by atoms with Gasteiger partial charge in [-0.15, -0.1) is 22.7 Å². The zero-order chi connectivity index (χ0) is 34.2. The highest BCUT2D eigenvalue weighted by Crippen LogP contribution is 2.50. The molecular weight excluding hydrogens is 671 g/mol. The van der Waals surface area contributed by atoms with Crippen molar-refractivity contribution >= 4 is 102 Å². The maximum Gasteiger partial charge on any atom is 0.143 e. The molecule has 3 heterocycles. The van der Waals surface area contributed by atoms with Crippen LogP contribution in [0.4, 0.5) is 17.1 Å². The Bertz CT molecular complexity index is 3130. The predicted octanol–water partition coefficient (Wildman–Crippen LogP) is 15.1. The molecule has 3 aromatic heterocycles. The van der Waals surface area contributed by atoms with Crippen LogP contribution in [0.2, 0.25) is 0 Å². The Labute approximate surface area is 308 Å². The first kappa shape index (κ1) is 29.5. The Hall–Kier alpha value is -6.20. The van der Waals surface area contributed by atoms with Gasteiger partial charge < -0.3 is 9.32 Å². The van der Waals surface area contributed by atoms with Crippen LogP contribution in [0.25, 0.3) is 84.5 Å². The minimum atomic E-state index is 0.913. The van der Waals surface area contributed by atoms with Crippen LogP contribution in [-0.4, -0.2) is 0 Å². The quantitative estimate of drug-likeness (QED) is 0.178. The summed E-state index contributed by atoms with van der Waals surface area (Å²) in [7, 11) is 0. The highest BCUT2D eigenvalue weighted by atomic mass is 32.1. The van der Waals surface area contributed by atoms with Crippen molar-refractivity contribution in [3.8, 4) is 22.3 Å². The molecule has 244 valence electrons. The fourth-order valence-corrected chi connectivity index (χ4v) is 10.4. The minimum Gasteiger partial charge on any atom is -0.455 e. The van der Waals surface area contributed by atoms with Crippen LogP contribution in [0.3, 0.4) is 0 Å². The molecule has 11 rings (SSSR count). The third-order valence-electron chi connectivity index (χ3n) is 10.3. The molecule has 0 saturated heterocycles. The lowest BCUT2D eigenvalue weighted by molar-refractivity contribution is 0.670. The second-order valence-corrected chi connectivity index (χ2v) is 15.3. The number of rotatable bonds is 5. The molecule has 0 unspecified atom stereocenters. The molecule has 0 amide bonds. The standard InChI is InChI=1S/C48H29NOS2/c1-2-12-30(13-3-1)34-17-9-19-37-38-20-10-22-41(48(38)52-47(34)37)49(40-21-11-25-44-45(40)39-15-5-7-24-43(39)51-44)32-28-26-31(27-29-32)33-16-8-18-36-35-14-4-6-23-42(35)50-46(33)36/h1-29H. The van der Waals surface area contributed by atoms with E-state index in [1.165, 1.54) is 62.8 Å². The number of anilines is 3. The van der Waals surface area contributed by atoms with Gasteiger partial charge in [0.05, 0.1) is 16.1 Å². The van der Waals surface area contributed by atoms with Gasteiger partial charge in [-0.2, -0.15) is 0 Å². The molecule has 0 aliphatic rings. The summed E-state index contributed by atoms with van der Waals surface area (Å²) in [6.07, 6.45) is 0. The summed E-state index contributed by atoms with van der Waals surface area (Å²) in [6, 6.07) is 63.6. The number of hydrogen-bond acceptors (Lipinski definition) is 4. The number of para-hydroxylation sites is 2. The maximum atomic E-state index is 6.45. The number of fused-ring (bicyclic) bond motifs is 9. The predicted molar refractivity (Wildman–Crippen MR) is 225 cm³/mol. The molecule has 0 spiro atoms. The van der Waals surface area contributed by atoms with E-state index in [0.29, 0.717) is 0 Å². The average Bonchev–Trinajstić information content (AvgIpc) is 3.91. The molecule has 0 aliphatic carbocycles. The summed E-state index contributed by atoms with van der Waals surface area (Å²) in [4.78, 5) is 2.48. The van der Waals surface area contributed by atoms with E-state index in [1.54, 1.807) is 0 Å². The molecule has 0 bridgehead atoms. The van der Waals surface area contributed by atoms with E-state index in [2.05, 4.69) is 169 Å². The largest absolute Gasteiger partial charge is 0.455 e. The fourth-order valence-electron chi connectivity index (χ4n) is 7.94. The summed E-state index contributed by atoms with van der Waals surface area (Å²) >= 11 is 3.75. The van der Waals surface area contributed by atoms with Gasteiger partial charge >= 0.3 is 0 Å². The van der Waals surface area contributed by atoms with Crippen molar-refractivity contribution in [2.45, 2.75) is 0 Å². The topological polar surface area (TPSA) is 16.4 Å². The van der Waals surface area contributed by atoms with Crippen LogP contribution >= 0.6 is 22.7 Å². The van der Waals surface area contributed by atoms with Crippen molar-refractivity contribution in [2.75, 3.05) is 4.90 Å². The Balaban J connectivity index is 1.15. The van der Waals surface area contributed by atoms with Crippen LogP contribution in [0, 0.1) is 0 Å². The molecule has 2 nitrogen and oxygen atoms in total. The van der Waals surface area contributed by atoms with Crippen LogP contribution in [0.15, 0.2) is 180 Å².